The van der Waals surface area contributed by atoms with Gasteiger partial charge in [0.2, 0.25) is 6.33 Å². The molecule has 0 amide bonds. The van der Waals surface area contributed by atoms with Crippen LogP contribution in [0.25, 0.3) is 0 Å². The van der Waals surface area contributed by atoms with Crippen LogP contribution in [-0.2, 0) is 22.2 Å². The highest BCUT2D eigenvalue weighted by atomic mass is 31.2. The molecule has 21 heavy (non-hydrogen) atoms. The van der Waals surface area contributed by atoms with Crippen LogP contribution >= 0.6 is 15.2 Å². The van der Waals surface area contributed by atoms with Gasteiger partial charge in [0.15, 0.2) is 0 Å². The molecular weight excluding hydrogens is 328 g/mol. The Hall–Kier alpha value is -0.610. The maximum atomic E-state index is 11.2. The Labute approximate surface area is 119 Å². The van der Waals surface area contributed by atoms with E-state index in [1.165, 1.54) is 23.3 Å². The first-order chi connectivity index (χ1) is 9.40. The van der Waals surface area contributed by atoms with Gasteiger partial charge >= 0.3 is 20.3 Å². The van der Waals surface area contributed by atoms with Crippen molar-refractivity contribution in [2.75, 3.05) is 6.54 Å². The van der Waals surface area contributed by atoms with Crippen molar-refractivity contribution in [3.8, 4) is 0 Å². The molecule has 1 aromatic heterocycles. The summed E-state index contributed by atoms with van der Waals surface area (Å²) in [6.45, 7) is -0.950. The summed E-state index contributed by atoms with van der Waals surface area (Å²) in [6.07, 6.45) is 2.99. The lowest BCUT2D eigenvalue weighted by molar-refractivity contribution is -0.702. The summed E-state index contributed by atoms with van der Waals surface area (Å²) < 4.78 is 24.8. The fraction of sp³-hybridized carbons (Fsp3) is 0.625. The summed E-state index contributed by atoms with van der Waals surface area (Å²) in [7, 11) is -11.0. The minimum Gasteiger partial charge on any atom is -0.388 e. The van der Waals surface area contributed by atoms with Gasteiger partial charge in [-0.25, -0.2) is 9.13 Å². The molecule has 0 spiro atoms. The molecule has 11 nitrogen and oxygen atoms in total. The zero-order valence-electron chi connectivity index (χ0n) is 10.8. The summed E-state index contributed by atoms with van der Waals surface area (Å²) in [5.74, 6) is 0. The summed E-state index contributed by atoms with van der Waals surface area (Å²) in [4.78, 5) is 36.1. The molecule has 1 heterocycles. The predicted molar refractivity (Wildman–Crippen MR) is 68.7 cm³/mol. The molecule has 0 aliphatic carbocycles. The molecule has 1 aromatic rings. The SMILES string of the molecule is NCC(O)C[n+]1ccn(CC(O)(P(=O)(O)O)P(=O)(O)O)c1. The fourth-order valence-corrected chi connectivity index (χ4v) is 3.61. The van der Waals surface area contributed by atoms with E-state index < -0.39 is 32.9 Å². The van der Waals surface area contributed by atoms with Crippen molar-refractivity contribution in [2.45, 2.75) is 24.3 Å². The van der Waals surface area contributed by atoms with Crippen molar-refractivity contribution in [2.24, 2.45) is 5.73 Å². The molecule has 0 aliphatic rings. The second-order valence-electron chi connectivity index (χ2n) is 4.53. The summed E-state index contributed by atoms with van der Waals surface area (Å²) >= 11 is 0. The van der Waals surface area contributed by atoms with Gasteiger partial charge in [-0.1, -0.05) is 0 Å². The average Bonchev–Trinajstić information content (AvgIpc) is 2.73. The van der Waals surface area contributed by atoms with Gasteiger partial charge in [-0.05, 0) is 0 Å². The maximum absolute atomic E-state index is 11.2. The van der Waals surface area contributed by atoms with Crippen LogP contribution in [0.15, 0.2) is 18.7 Å². The molecule has 13 heteroatoms. The third-order valence-corrected chi connectivity index (χ3v) is 6.48. The van der Waals surface area contributed by atoms with E-state index in [9.17, 15) is 19.3 Å². The van der Waals surface area contributed by atoms with Crippen LogP contribution in [0.3, 0.4) is 0 Å². The predicted octanol–water partition coefficient (Wildman–Crippen LogP) is -2.90. The molecule has 0 saturated heterocycles. The normalized spacial score (nSPS) is 15.2. The first-order valence-electron chi connectivity index (χ1n) is 5.67. The molecule has 0 radical (unpaired) electrons. The Bertz CT molecular complexity index is 556. The van der Waals surface area contributed by atoms with E-state index in [0.29, 0.717) is 0 Å². The van der Waals surface area contributed by atoms with Gasteiger partial charge < -0.3 is 35.5 Å². The molecule has 0 bridgehead atoms. The van der Waals surface area contributed by atoms with Crippen molar-refractivity contribution < 1.29 is 43.5 Å². The Morgan fingerprint density at radius 1 is 1.24 bits per heavy atom. The van der Waals surface area contributed by atoms with Gasteiger partial charge in [-0.15, -0.1) is 0 Å². The van der Waals surface area contributed by atoms with E-state index in [2.05, 4.69) is 0 Å². The van der Waals surface area contributed by atoms with Crippen molar-refractivity contribution in [3.05, 3.63) is 18.7 Å². The van der Waals surface area contributed by atoms with Crippen LogP contribution in [0.2, 0.25) is 0 Å². The maximum Gasteiger partial charge on any atom is 0.373 e. The number of rotatable bonds is 7. The summed E-state index contributed by atoms with van der Waals surface area (Å²) in [6, 6.07) is 0. The number of aliphatic hydroxyl groups excluding tert-OH is 1. The second kappa shape index (κ2) is 6.25. The molecular formula is C8H18N3O8P2+. The third kappa shape index (κ3) is 4.19. The van der Waals surface area contributed by atoms with Crippen molar-refractivity contribution >= 4 is 15.2 Å². The molecule has 1 atom stereocenters. The number of nitrogens with zero attached hydrogens (tertiary/aromatic N) is 2. The highest BCUT2D eigenvalue weighted by molar-refractivity contribution is 7.72. The lowest BCUT2D eigenvalue weighted by Gasteiger charge is -2.27. The fourth-order valence-electron chi connectivity index (χ4n) is 1.56. The highest BCUT2D eigenvalue weighted by Gasteiger charge is 2.61. The largest absolute Gasteiger partial charge is 0.388 e. The van der Waals surface area contributed by atoms with Crippen LogP contribution in [0.5, 0.6) is 0 Å². The van der Waals surface area contributed by atoms with Gasteiger partial charge in [0.1, 0.15) is 31.6 Å². The number of nitrogens with two attached hydrogens (primary N) is 1. The highest BCUT2D eigenvalue weighted by Crippen LogP contribution is 2.67. The second-order valence-corrected chi connectivity index (χ2v) is 8.54. The van der Waals surface area contributed by atoms with Gasteiger partial charge in [0.25, 0.3) is 0 Å². The number of aromatic nitrogens is 2. The topological polar surface area (TPSA) is 190 Å². The van der Waals surface area contributed by atoms with Gasteiger partial charge in [0.05, 0.1) is 0 Å². The molecule has 1 rings (SSSR count). The first-order valence-corrected chi connectivity index (χ1v) is 8.90. The van der Waals surface area contributed by atoms with E-state index in [4.69, 9.17) is 25.3 Å². The smallest absolute Gasteiger partial charge is 0.373 e. The van der Waals surface area contributed by atoms with Gasteiger partial charge in [-0.3, -0.25) is 9.13 Å². The van der Waals surface area contributed by atoms with E-state index in [1.807, 2.05) is 0 Å². The molecule has 1 unspecified atom stereocenters. The minimum atomic E-state index is -5.51. The van der Waals surface area contributed by atoms with Crippen LogP contribution in [-0.4, -0.2) is 52.1 Å². The summed E-state index contributed by atoms with van der Waals surface area (Å²) in [5.41, 5.74) is 5.23. The Kier molecular flexibility index (Phi) is 5.49. The lowest BCUT2D eigenvalue weighted by Crippen LogP contribution is -2.41. The quantitative estimate of drug-likeness (QED) is 0.200. The molecule has 0 saturated carbocycles. The third-order valence-electron chi connectivity index (χ3n) is 2.77. The first kappa shape index (κ1) is 18.4. The molecule has 8 N–H and O–H groups in total. The lowest BCUT2D eigenvalue weighted by atomic mass is 10.3. The molecule has 0 aromatic carbocycles. The van der Waals surface area contributed by atoms with Crippen molar-refractivity contribution in [1.82, 2.24) is 4.57 Å². The molecule has 0 aliphatic heterocycles. The minimum absolute atomic E-state index is 0.00686. The molecule has 0 fully saturated rings. The Morgan fingerprint density at radius 3 is 2.19 bits per heavy atom. The van der Waals surface area contributed by atoms with E-state index >= 15 is 0 Å². The van der Waals surface area contributed by atoms with Crippen molar-refractivity contribution in [3.63, 3.8) is 0 Å². The van der Waals surface area contributed by atoms with E-state index in [0.717, 1.165) is 4.57 Å². The zero-order valence-corrected chi connectivity index (χ0v) is 12.6. The van der Waals surface area contributed by atoms with Crippen LogP contribution < -0.4 is 10.3 Å². The van der Waals surface area contributed by atoms with Gasteiger partial charge in [0, 0.05) is 6.54 Å². The number of hydrogen-bond donors (Lipinski definition) is 7. The number of imidazole rings is 1. The standard InChI is InChI=1S/C8H17N3O8P2/c9-3-7(12)4-10-1-2-11(6-10)5-8(13,20(14,15)16)21(17,18)19/h1-2,6-7,12-13H,3-5,9H2,(H3-,14,15,16,17,18,19)/p+1. The zero-order chi connectivity index (χ0) is 16.5. The monoisotopic (exact) mass is 346 g/mol. The van der Waals surface area contributed by atoms with Crippen LogP contribution in [0.1, 0.15) is 0 Å². The van der Waals surface area contributed by atoms with Crippen LogP contribution in [0.4, 0.5) is 0 Å². The average molecular weight is 346 g/mol. The number of aliphatic hydroxyl groups is 2. The summed E-state index contributed by atoms with van der Waals surface area (Å²) in [5, 5.41) is 15.6. The Balaban J connectivity index is 3.02. The molecule has 122 valence electrons. The van der Waals surface area contributed by atoms with Crippen molar-refractivity contribution in [1.29, 1.82) is 0 Å². The van der Waals surface area contributed by atoms with E-state index in [1.54, 1.807) is 0 Å². The Morgan fingerprint density at radius 2 is 1.76 bits per heavy atom. The van der Waals surface area contributed by atoms with Gasteiger partial charge in [-0.2, -0.15) is 0 Å². The van der Waals surface area contributed by atoms with Crippen LogP contribution in [0, 0.1) is 0 Å². The number of hydrogen-bond acceptors (Lipinski definition) is 5. The van der Waals surface area contributed by atoms with E-state index in [-0.39, 0.29) is 13.1 Å².